The third-order valence-electron chi connectivity index (χ3n) is 5.93. The van der Waals surface area contributed by atoms with Crippen molar-refractivity contribution in [3.05, 3.63) is 82.8 Å². The smallest absolute Gasteiger partial charge is 0.294 e. The summed E-state index contributed by atoms with van der Waals surface area (Å²) in [5, 5.41) is 1.93. The molecule has 0 aromatic heterocycles. The van der Waals surface area contributed by atoms with Gasteiger partial charge >= 0.3 is 0 Å². The molecule has 178 valence electrons. The van der Waals surface area contributed by atoms with Crippen LogP contribution in [-0.4, -0.2) is 59.7 Å². The molecule has 8 heteroatoms. The number of ether oxygens (including phenoxy) is 2. The van der Waals surface area contributed by atoms with Gasteiger partial charge in [0.1, 0.15) is 18.9 Å². The van der Waals surface area contributed by atoms with Crippen molar-refractivity contribution in [2.75, 3.05) is 32.8 Å². The highest BCUT2D eigenvalue weighted by Crippen LogP contribution is 2.32. The van der Waals surface area contributed by atoms with Crippen LogP contribution in [0.15, 0.2) is 71.6 Å². The summed E-state index contributed by atoms with van der Waals surface area (Å²) in [6.45, 7) is 2.08. The molecule has 0 bridgehead atoms. The molecule has 2 heterocycles. The number of morpholine rings is 1. The zero-order valence-corrected chi connectivity index (χ0v) is 19.8. The van der Waals surface area contributed by atoms with Crippen molar-refractivity contribution in [3.8, 4) is 5.75 Å². The van der Waals surface area contributed by atoms with E-state index in [2.05, 4.69) is 30.3 Å². The van der Waals surface area contributed by atoms with Gasteiger partial charge in [-0.05, 0) is 57.9 Å². The first-order valence-corrected chi connectivity index (χ1v) is 12.2. The zero-order valence-electron chi connectivity index (χ0n) is 19.0. The Kier molecular flexibility index (Phi) is 6.83. The first-order valence-electron chi connectivity index (χ1n) is 11.4. The number of amides is 3. The van der Waals surface area contributed by atoms with Crippen LogP contribution in [-0.2, 0) is 20.9 Å². The summed E-state index contributed by atoms with van der Waals surface area (Å²) in [6, 6.07) is 21.8. The molecule has 0 atom stereocenters. The minimum Gasteiger partial charge on any atom is -0.489 e. The van der Waals surface area contributed by atoms with E-state index < -0.39 is 11.1 Å². The van der Waals surface area contributed by atoms with E-state index in [0.29, 0.717) is 43.6 Å². The Hall–Kier alpha value is -3.62. The molecule has 35 heavy (non-hydrogen) atoms. The average Bonchev–Trinajstić information content (AvgIpc) is 3.15. The number of fused-ring (bicyclic) bond motifs is 1. The number of hydrogen-bond donors (Lipinski definition) is 0. The second kappa shape index (κ2) is 10.3. The molecule has 2 aliphatic rings. The van der Waals surface area contributed by atoms with Crippen molar-refractivity contribution < 1.29 is 23.9 Å². The normalized spacial score (nSPS) is 17.4. The van der Waals surface area contributed by atoms with E-state index in [9.17, 15) is 14.4 Å². The molecule has 3 amide bonds. The molecule has 0 N–H and O–H groups in total. The van der Waals surface area contributed by atoms with E-state index in [1.54, 1.807) is 11.0 Å². The van der Waals surface area contributed by atoms with Gasteiger partial charge in [-0.3, -0.25) is 19.3 Å². The molecule has 0 unspecified atom stereocenters. The fourth-order valence-corrected chi connectivity index (χ4v) is 4.83. The first-order chi connectivity index (χ1) is 17.1. The molecule has 2 fully saturated rings. The quantitative estimate of drug-likeness (QED) is 0.481. The van der Waals surface area contributed by atoms with Crippen molar-refractivity contribution in [1.29, 1.82) is 0 Å². The van der Waals surface area contributed by atoms with E-state index in [-0.39, 0.29) is 12.5 Å². The van der Waals surface area contributed by atoms with Crippen LogP contribution < -0.4 is 4.74 Å². The SMILES string of the molecule is O=C(CN1C(=O)S/C(=C\c2ccc(OCc3ccc4ccccc4c3)cc2)C1=O)N1CCOCC1. The maximum absolute atomic E-state index is 12.8. The van der Waals surface area contributed by atoms with Crippen LogP contribution in [0.1, 0.15) is 11.1 Å². The van der Waals surface area contributed by atoms with Crippen LogP contribution in [0.5, 0.6) is 5.75 Å². The molecule has 3 aromatic carbocycles. The lowest BCUT2D eigenvalue weighted by Gasteiger charge is -2.28. The van der Waals surface area contributed by atoms with Crippen molar-refractivity contribution in [2.45, 2.75) is 6.61 Å². The van der Waals surface area contributed by atoms with Gasteiger partial charge in [0, 0.05) is 13.1 Å². The van der Waals surface area contributed by atoms with Gasteiger partial charge in [0.15, 0.2) is 0 Å². The van der Waals surface area contributed by atoms with Gasteiger partial charge in [-0.15, -0.1) is 0 Å². The summed E-state index contributed by atoms with van der Waals surface area (Å²) in [4.78, 5) is 40.5. The van der Waals surface area contributed by atoms with Crippen molar-refractivity contribution >= 4 is 45.7 Å². The molecule has 2 saturated heterocycles. The minimum absolute atomic E-state index is 0.246. The molecular formula is C27H24N2O5S. The Balaban J connectivity index is 1.19. The molecule has 7 nitrogen and oxygen atoms in total. The fourth-order valence-electron chi connectivity index (χ4n) is 3.99. The first kappa shape index (κ1) is 23.1. The number of benzene rings is 3. The van der Waals surface area contributed by atoms with E-state index in [4.69, 9.17) is 9.47 Å². The number of carbonyl (C=O) groups excluding carboxylic acids is 3. The third kappa shape index (κ3) is 5.39. The van der Waals surface area contributed by atoms with Crippen LogP contribution in [0.4, 0.5) is 4.79 Å². The van der Waals surface area contributed by atoms with E-state index in [1.807, 2.05) is 36.4 Å². The topological polar surface area (TPSA) is 76.2 Å². The van der Waals surface area contributed by atoms with Crippen LogP contribution in [0.2, 0.25) is 0 Å². The Morgan fingerprint density at radius 2 is 1.71 bits per heavy atom. The van der Waals surface area contributed by atoms with Gasteiger partial charge in [-0.1, -0.05) is 48.5 Å². The summed E-state index contributed by atoms with van der Waals surface area (Å²) >= 11 is 0.850. The minimum atomic E-state index is -0.446. The highest BCUT2D eigenvalue weighted by molar-refractivity contribution is 8.18. The molecule has 3 aromatic rings. The van der Waals surface area contributed by atoms with Gasteiger partial charge in [0.25, 0.3) is 11.1 Å². The second-order valence-electron chi connectivity index (χ2n) is 8.30. The number of thioether (sulfide) groups is 1. The highest BCUT2D eigenvalue weighted by atomic mass is 32.2. The summed E-state index contributed by atoms with van der Waals surface area (Å²) in [5.74, 6) is 0.0162. The lowest BCUT2D eigenvalue weighted by Crippen LogP contribution is -2.46. The number of imide groups is 1. The second-order valence-corrected chi connectivity index (χ2v) is 9.29. The number of hydrogen-bond acceptors (Lipinski definition) is 6. The predicted molar refractivity (Wildman–Crippen MR) is 135 cm³/mol. The van der Waals surface area contributed by atoms with E-state index in [1.165, 1.54) is 10.8 Å². The van der Waals surface area contributed by atoms with Crippen LogP contribution >= 0.6 is 11.8 Å². The highest BCUT2D eigenvalue weighted by Gasteiger charge is 2.37. The average molecular weight is 489 g/mol. The van der Waals surface area contributed by atoms with Gasteiger partial charge in [0.05, 0.1) is 18.1 Å². The lowest BCUT2D eigenvalue weighted by molar-refractivity contribution is -0.139. The zero-order chi connectivity index (χ0) is 24.2. The standard InChI is InChI=1S/C27H24N2O5S/c30-25(28-11-13-33-14-12-28)17-29-26(31)24(35-27(29)32)16-19-6-9-23(10-7-19)34-18-20-5-8-21-3-1-2-4-22(21)15-20/h1-10,15-16H,11-14,17-18H2/b24-16-. The van der Waals surface area contributed by atoms with Crippen molar-refractivity contribution in [2.24, 2.45) is 0 Å². The molecule has 0 saturated carbocycles. The Bertz CT molecular complexity index is 1300. The van der Waals surface area contributed by atoms with Gasteiger partial charge in [-0.25, -0.2) is 0 Å². The summed E-state index contributed by atoms with van der Waals surface area (Å²) < 4.78 is 11.2. The predicted octanol–water partition coefficient (Wildman–Crippen LogP) is 4.31. The van der Waals surface area contributed by atoms with Crippen LogP contribution in [0.3, 0.4) is 0 Å². The number of carbonyl (C=O) groups is 3. The van der Waals surface area contributed by atoms with Crippen LogP contribution in [0, 0.1) is 0 Å². The Morgan fingerprint density at radius 3 is 2.49 bits per heavy atom. The maximum Gasteiger partial charge on any atom is 0.294 e. The monoisotopic (exact) mass is 488 g/mol. The molecule has 0 radical (unpaired) electrons. The lowest BCUT2D eigenvalue weighted by atomic mass is 10.1. The molecule has 0 aliphatic carbocycles. The Morgan fingerprint density at radius 1 is 0.971 bits per heavy atom. The van der Waals surface area contributed by atoms with Gasteiger partial charge in [0.2, 0.25) is 5.91 Å². The summed E-state index contributed by atoms with van der Waals surface area (Å²) in [5.41, 5.74) is 1.85. The molecular weight excluding hydrogens is 464 g/mol. The molecule has 5 rings (SSSR count). The summed E-state index contributed by atoms with van der Waals surface area (Å²) in [7, 11) is 0. The van der Waals surface area contributed by atoms with Crippen molar-refractivity contribution in [1.82, 2.24) is 9.80 Å². The van der Waals surface area contributed by atoms with E-state index in [0.717, 1.165) is 27.8 Å². The molecule has 0 spiro atoms. The van der Waals surface area contributed by atoms with Gasteiger partial charge in [-0.2, -0.15) is 0 Å². The summed E-state index contributed by atoms with van der Waals surface area (Å²) in [6.07, 6.45) is 1.66. The van der Waals surface area contributed by atoms with E-state index >= 15 is 0 Å². The largest absolute Gasteiger partial charge is 0.489 e. The van der Waals surface area contributed by atoms with Crippen molar-refractivity contribution in [3.63, 3.8) is 0 Å². The number of nitrogens with zero attached hydrogens (tertiary/aromatic N) is 2. The number of rotatable bonds is 6. The van der Waals surface area contributed by atoms with Crippen LogP contribution in [0.25, 0.3) is 16.8 Å². The fraction of sp³-hybridized carbons (Fsp3) is 0.222. The third-order valence-corrected chi connectivity index (χ3v) is 6.84. The Labute approximate surface area is 207 Å². The molecule has 2 aliphatic heterocycles. The van der Waals surface area contributed by atoms with Gasteiger partial charge < -0.3 is 14.4 Å². The maximum atomic E-state index is 12.8.